The highest BCUT2D eigenvalue weighted by Crippen LogP contribution is 2.51. The average Bonchev–Trinajstić information content (AvgIpc) is 2.89. The number of amides is 1. The first-order valence-corrected chi connectivity index (χ1v) is 13.9. The van der Waals surface area contributed by atoms with E-state index >= 15 is 0 Å². The summed E-state index contributed by atoms with van der Waals surface area (Å²) in [6, 6.07) is 12.6. The smallest absolute Gasteiger partial charge is 0.262 e. The number of benzene rings is 2. The Kier molecular flexibility index (Phi) is 7.45. The van der Waals surface area contributed by atoms with Crippen molar-refractivity contribution in [2.24, 2.45) is 10.8 Å². The number of rotatable bonds is 7. The molecule has 1 aliphatic heterocycles. The minimum Gasteiger partial charge on any atom is -0.495 e. The molecule has 1 amide bonds. The molecule has 0 saturated carbocycles. The van der Waals surface area contributed by atoms with Gasteiger partial charge in [0.2, 0.25) is 0 Å². The number of methoxy groups -OCH3 is 2. The van der Waals surface area contributed by atoms with Gasteiger partial charge < -0.3 is 24.8 Å². The summed E-state index contributed by atoms with van der Waals surface area (Å²) in [5.74, 6) is 0.641. The molecule has 0 spiro atoms. The van der Waals surface area contributed by atoms with Crippen molar-refractivity contribution in [3.63, 3.8) is 0 Å². The lowest BCUT2D eigenvalue weighted by Crippen LogP contribution is -2.42. The molecule has 41 heavy (non-hydrogen) atoms. The number of hydrogen-bond donors (Lipinski definition) is 2. The third-order valence-corrected chi connectivity index (χ3v) is 7.98. The topological polar surface area (TPSA) is 103 Å². The molecular formula is C33H38N2O6. The van der Waals surface area contributed by atoms with Gasteiger partial charge in [-0.15, -0.1) is 0 Å². The van der Waals surface area contributed by atoms with Gasteiger partial charge >= 0.3 is 0 Å². The fourth-order valence-electron chi connectivity index (χ4n) is 6.28. The number of hydrogen-bond acceptors (Lipinski definition) is 7. The van der Waals surface area contributed by atoms with Crippen molar-refractivity contribution in [3.8, 4) is 17.2 Å². The summed E-state index contributed by atoms with van der Waals surface area (Å²) in [7, 11) is 3.07. The monoisotopic (exact) mass is 558 g/mol. The van der Waals surface area contributed by atoms with Crippen LogP contribution in [0.4, 0.5) is 5.69 Å². The van der Waals surface area contributed by atoms with Crippen LogP contribution in [-0.4, -0.2) is 38.3 Å². The van der Waals surface area contributed by atoms with Crippen LogP contribution < -0.4 is 24.8 Å². The average molecular weight is 559 g/mol. The number of Topliss-reactive ketones (excluding diaryl/α,β-unsaturated/α-hetero) is 2. The summed E-state index contributed by atoms with van der Waals surface area (Å²) >= 11 is 0. The quantitative estimate of drug-likeness (QED) is 0.450. The maximum atomic E-state index is 13.6. The van der Waals surface area contributed by atoms with Gasteiger partial charge in [0.1, 0.15) is 5.75 Å². The number of anilines is 1. The van der Waals surface area contributed by atoms with E-state index in [0.29, 0.717) is 46.9 Å². The zero-order chi connectivity index (χ0) is 29.5. The van der Waals surface area contributed by atoms with Crippen molar-refractivity contribution >= 4 is 23.2 Å². The molecule has 5 rings (SSSR count). The molecular weight excluding hydrogens is 520 g/mol. The van der Waals surface area contributed by atoms with Gasteiger partial charge in [0.05, 0.1) is 19.9 Å². The maximum Gasteiger partial charge on any atom is 0.262 e. The Morgan fingerprint density at radius 2 is 1.41 bits per heavy atom. The first-order chi connectivity index (χ1) is 19.4. The lowest BCUT2D eigenvalue weighted by Gasteiger charge is -2.44. The molecule has 2 aromatic carbocycles. The van der Waals surface area contributed by atoms with Crippen molar-refractivity contribution in [2.45, 2.75) is 59.3 Å². The summed E-state index contributed by atoms with van der Waals surface area (Å²) in [4.78, 5) is 39.8. The molecule has 8 heteroatoms. The Bertz CT molecular complexity index is 1430. The zero-order valence-corrected chi connectivity index (χ0v) is 24.6. The van der Waals surface area contributed by atoms with Crippen LogP contribution >= 0.6 is 0 Å². The third-order valence-electron chi connectivity index (χ3n) is 7.98. The molecule has 0 radical (unpaired) electrons. The Morgan fingerprint density at radius 1 is 0.829 bits per heavy atom. The van der Waals surface area contributed by atoms with Crippen LogP contribution in [0.2, 0.25) is 0 Å². The summed E-state index contributed by atoms with van der Waals surface area (Å²) in [6.07, 6.45) is 2.31. The van der Waals surface area contributed by atoms with Gasteiger partial charge in [-0.1, -0.05) is 45.9 Å². The van der Waals surface area contributed by atoms with E-state index in [-0.39, 0.29) is 34.9 Å². The molecule has 2 N–H and O–H groups in total. The molecule has 2 aliphatic carbocycles. The molecule has 0 saturated heterocycles. The van der Waals surface area contributed by atoms with E-state index in [4.69, 9.17) is 14.2 Å². The molecule has 0 bridgehead atoms. The standard InChI is InChI=1S/C33H38N2O6/c1-32(2)14-21-30(23(36)16-32)29(31-22(34-21)15-33(3,4)17-24(31)37)19-11-12-26(27(13-19)40-6)41-18-28(38)35-20-9-7-8-10-25(20)39-5/h7-13,29,34H,14-18H2,1-6H3,(H,35,38). The molecule has 1 heterocycles. The number of nitrogens with one attached hydrogen (secondary N) is 2. The van der Waals surface area contributed by atoms with Gasteiger partial charge in [-0.2, -0.15) is 0 Å². The van der Waals surface area contributed by atoms with Crippen molar-refractivity contribution in [2.75, 3.05) is 26.1 Å². The van der Waals surface area contributed by atoms with Gasteiger partial charge in [-0.25, -0.2) is 0 Å². The highest BCUT2D eigenvalue weighted by atomic mass is 16.5. The van der Waals surface area contributed by atoms with Crippen LogP contribution in [0.3, 0.4) is 0 Å². The number of para-hydroxylation sites is 2. The predicted octanol–water partition coefficient (Wildman–Crippen LogP) is 5.69. The fraction of sp³-hybridized carbons (Fsp3) is 0.424. The zero-order valence-electron chi connectivity index (χ0n) is 24.6. The number of dihydropyridines is 1. The number of allylic oxidation sites excluding steroid dienone is 4. The predicted molar refractivity (Wildman–Crippen MR) is 156 cm³/mol. The van der Waals surface area contributed by atoms with Gasteiger partial charge in [0.15, 0.2) is 29.7 Å². The summed E-state index contributed by atoms with van der Waals surface area (Å²) in [5.41, 5.74) is 4.16. The van der Waals surface area contributed by atoms with E-state index in [9.17, 15) is 14.4 Å². The van der Waals surface area contributed by atoms with Crippen LogP contribution in [0.1, 0.15) is 64.9 Å². The number of ketones is 2. The summed E-state index contributed by atoms with van der Waals surface area (Å²) < 4.78 is 16.8. The summed E-state index contributed by atoms with van der Waals surface area (Å²) in [6.45, 7) is 8.16. The van der Waals surface area contributed by atoms with Crippen molar-refractivity contribution in [1.82, 2.24) is 5.32 Å². The number of carbonyl (C=O) groups excluding carboxylic acids is 3. The van der Waals surface area contributed by atoms with E-state index in [1.807, 2.05) is 18.2 Å². The van der Waals surface area contributed by atoms with E-state index in [1.54, 1.807) is 24.3 Å². The molecule has 0 unspecified atom stereocenters. The minimum absolute atomic E-state index is 0.0604. The minimum atomic E-state index is -0.481. The van der Waals surface area contributed by atoms with Crippen LogP contribution in [-0.2, 0) is 14.4 Å². The lowest BCUT2D eigenvalue weighted by atomic mass is 9.64. The highest BCUT2D eigenvalue weighted by Gasteiger charge is 2.46. The third kappa shape index (κ3) is 5.73. The van der Waals surface area contributed by atoms with Crippen LogP contribution in [0.25, 0.3) is 0 Å². The first-order valence-electron chi connectivity index (χ1n) is 13.9. The number of carbonyl (C=O) groups is 3. The Hall–Kier alpha value is -4.07. The van der Waals surface area contributed by atoms with Crippen molar-refractivity contribution in [3.05, 3.63) is 70.6 Å². The largest absolute Gasteiger partial charge is 0.495 e. The van der Waals surface area contributed by atoms with Gasteiger partial charge in [-0.05, 0) is 53.5 Å². The fourth-order valence-corrected chi connectivity index (χ4v) is 6.28. The van der Waals surface area contributed by atoms with E-state index in [0.717, 1.165) is 29.8 Å². The SMILES string of the molecule is COc1ccccc1NC(=O)COc1ccc(C2C3=C(CC(C)(C)CC3=O)NC3=C2C(=O)CC(C)(C)C3)cc1OC. The second kappa shape index (κ2) is 10.7. The van der Waals surface area contributed by atoms with Crippen molar-refractivity contribution < 1.29 is 28.6 Å². The second-order valence-corrected chi connectivity index (χ2v) is 12.7. The number of ether oxygens (including phenoxy) is 3. The van der Waals surface area contributed by atoms with Crippen molar-refractivity contribution in [1.29, 1.82) is 0 Å². The molecule has 0 aromatic heterocycles. The second-order valence-electron chi connectivity index (χ2n) is 12.7. The van der Waals surface area contributed by atoms with Gasteiger partial charge in [0.25, 0.3) is 5.91 Å². The van der Waals surface area contributed by atoms with Gasteiger partial charge in [0, 0.05) is 41.3 Å². The first kappa shape index (κ1) is 28.5. The molecule has 216 valence electrons. The highest BCUT2D eigenvalue weighted by molar-refractivity contribution is 6.06. The molecule has 0 fully saturated rings. The summed E-state index contributed by atoms with van der Waals surface area (Å²) in [5, 5.41) is 6.33. The van der Waals surface area contributed by atoms with E-state index in [1.165, 1.54) is 14.2 Å². The van der Waals surface area contributed by atoms with Gasteiger partial charge in [-0.3, -0.25) is 14.4 Å². The normalized spacial score (nSPS) is 19.7. The molecule has 0 atom stereocenters. The van der Waals surface area contributed by atoms with Crippen LogP contribution in [0, 0.1) is 10.8 Å². The van der Waals surface area contributed by atoms with Crippen LogP contribution in [0.5, 0.6) is 17.2 Å². The molecule has 3 aliphatic rings. The molecule has 2 aromatic rings. The van der Waals surface area contributed by atoms with E-state index in [2.05, 4.69) is 38.3 Å². The Balaban J connectivity index is 1.45. The Morgan fingerprint density at radius 3 is 2.00 bits per heavy atom. The van der Waals surface area contributed by atoms with Crippen LogP contribution in [0.15, 0.2) is 65.0 Å². The van der Waals surface area contributed by atoms with E-state index < -0.39 is 5.92 Å². The Labute approximate surface area is 241 Å². The maximum absolute atomic E-state index is 13.6. The lowest BCUT2D eigenvalue weighted by molar-refractivity contribution is -0.119. The molecule has 8 nitrogen and oxygen atoms in total.